The van der Waals surface area contributed by atoms with Gasteiger partial charge in [0.1, 0.15) is 6.54 Å². The lowest BCUT2D eigenvalue weighted by molar-refractivity contribution is -0.147. The number of nitrogens with one attached hydrogen (secondary N) is 1. The molecule has 0 aliphatic heterocycles. The van der Waals surface area contributed by atoms with Crippen LogP contribution in [0.3, 0.4) is 0 Å². The van der Waals surface area contributed by atoms with Gasteiger partial charge in [0.2, 0.25) is 0 Å². The van der Waals surface area contributed by atoms with Gasteiger partial charge in [-0.15, -0.1) is 0 Å². The molecule has 1 N–H and O–H groups in total. The van der Waals surface area contributed by atoms with Gasteiger partial charge in [0.25, 0.3) is 5.91 Å². The number of nitrogens with zero attached hydrogens (tertiary/aromatic N) is 2. The molecule has 0 bridgehead atoms. The van der Waals surface area contributed by atoms with E-state index in [1.54, 1.807) is 37.4 Å². The molecule has 0 atom stereocenters. The summed E-state index contributed by atoms with van der Waals surface area (Å²) in [6.45, 7) is 1.28. The fourth-order valence-corrected chi connectivity index (χ4v) is 2.67. The number of carbonyl (C=O) groups is 2. The van der Waals surface area contributed by atoms with Crippen LogP contribution in [0.5, 0.6) is 0 Å². The van der Waals surface area contributed by atoms with Gasteiger partial charge in [0.15, 0.2) is 6.61 Å². The Morgan fingerprint density at radius 2 is 1.69 bits per heavy atom. The highest BCUT2D eigenvalue weighted by atomic mass is 16.5. The highest BCUT2D eigenvalue weighted by Gasteiger charge is 2.15. The molecular weight excluding hydrogens is 334 g/mol. The zero-order valence-electron chi connectivity index (χ0n) is 14.6. The Bertz CT molecular complexity index is 1020. The molecule has 7 nitrogen and oxygen atoms in total. The topological polar surface area (TPSA) is 82.3 Å². The summed E-state index contributed by atoms with van der Waals surface area (Å²) in [6, 6.07) is 14.4. The second kappa shape index (κ2) is 7.26. The molecule has 26 heavy (non-hydrogen) atoms. The van der Waals surface area contributed by atoms with E-state index in [0.717, 1.165) is 11.1 Å². The van der Waals surface area contributed by atoms with Gasteiger partial charge in [0, 0.05) is 12.7 Å². The number of ether oxygens (including phenoxy) is 1. The molecule has 2 aromatic carbocycles. The first-order valence-electron chi connectivity index (χ1n) is 8.12. The number of esters is 1. The molecule has 0 saturated carbocycles. The van der Waals surface area contributed by atoms with Crippen LogP contribution in [0.1, 0.15) is 5.56 Å². The molecule has 1 amide bonds. The Labute approximate surface area is 149 Å². The number of imidazole rings is 1. The summed E-state index contributed by atoms with van der Waals surface area (Å²) in [4.78, 5) is 36.2. The van der Waals surface area contributed by atoms with Gasteiger partial charge in [0.05, 0.1) is 11.0 Å². The maximum absolute atomic E-state index is 12.3. The van der Waals surface area contributed by atoms with Crippen LogP contribution in [0.25, 0.3) is 11.0 Å². The monoisotopic (exact) mass is 353 g/mol. The van der Waals surface area contributed by atoms with Gasteiger partial charge in [-0.1, -0.05) is 29.8 Å². The van der Waals surface area contributed by atoms with Crippen molar-refractivity contribution >= 4 is 28.6 Å². The van der Waals surface area contributed by atoms with Gasteiger partial charge in [-0.2, -0.15) is 0 Å². The standard InChI is InChI=1S/C19H19N3O4/c1-13-7-9-14(10-8-13)20-17(23)12-26-18(24)11-22-16-6-4-3-5-15(16)21(2)19(22)25/h3-10H,11-12H2,1-2H3,(H,20,23). The average Bonchev–Trinajstić information content (AvgIpc) is 2.87. The highest BCUT2D eigenvalue weighted by molar-refractivity contribution is 5.92. The first kappa shape index (κ1) is 17.5. The van der Waals surface area contributed by atoms with Crippen LogP contribution in [0.4, 0.5) is 5.69 Å². The molecule has 0 aliphatic carbocycles. The predicted octanol–water partition coefficient (Wildman–Crippen LogP) is 1.83. The van der Waals surface area contributed by atoms with Crippen molar-refractivity contribution in [3.8, 4) is 0 Å². The number of para-hydroxylation sites is 2. The van der Waals surface area contributed by atoms with Crippen molar-refractivity contribution in [1.29, 1.82) is 0 Å². The number of rotatable bonds is 5. The minimum atomic E-state index is -0.650. The molecule has 1 aromatic heterocycles. The van der Waals surface area contributed by atoms with E-state index >= 15 is 0 Å². The van der Waals surface area contributed by atoms with E-state index in [2.05, 4.69) is 5.32 Å². The first-order valence-corrected chi connectivity index (χ1v) is 8.12. The number of aromatic nitrogens is 2. The normalized spacial score (nSPS) is 10.7. The Kier molecular flexibility index (Phi) is 4.88. The molecule has 0 spiro atoms. The van der Waals surface area contributed by atoms with Crippen molar-refractivity contribution in [1.82, 2.24) is 9.13 Å². The second-order valence-electron chi connectivity index (χ2n) is 5.99. The molecule has 134 valence electrons. The molecule has 0 aliphatic rings. The lowest BCUT2D eigenvalue weighted by Crippen LogP contribution is -2.28. The molecule has 3 rings (SSSR count). The Balaban J connectivity index is 1.61. The number of carbonyl (C=O) groups excluding carboxylic acids is 2. The third kappa shape index (κ3) is 3.66. The summed E-state index contributed by atoms with van der Waals surface area (Å²) in [5.41, 5.74) is 2.76. The van der Waals surface area contributed by atoms with Crippen LogP contribution in [0, 0.1) is 6.92 Å². The third-order valence-electron chi connectivity index (χ3n) is 4.04. The summed E-state index contributed by atoms with van der Waals surface area (Å²) in [6.07, 6.45) is 0. The second-order valence-corrected chi connectivity index (χ2v) is 5.99. The zero-order chi connectivity index (χ0) is 18.7. The van der Waals surface area contributed by atoms with Crippen LogP contribution in [-0.4, -0.2) is 27.6 Å². The first-order chi connectivity index (χ1) is 12.5. The minimum absolute atomic E-state index is 0.252. The van der Waals surface area contributed by atoms with Crippen molar-refractivity contribution in [2.24, 2.45) is 7.05 Å². The van der Waals surface area contributed by atoms with Crippen molar-refractivity contribution in [3.63, 3.8) is 0 Å². The smallest absolute Gasteiger partial charge is 0.329 e. The molecule has 0 unspecified atom stereocenters. The minimum Gasteiger partial charge on any atom is -0.454 e. The van der Waals surface area contributed by atoms with Crippen LogP contribution in [0.2, 0.25) is 0 Å². The summed E-state index contributed by atoms with van der Waals surface area (Å²) in [5.74, 6) is -1.09. The van der Waals surface area contributed by atoms with Gasteiger partial charge < -0.3 is 10.1 Å². The summed E-state index contributed by atoms with van der Waals surface area (Å²) in [7, 11) is 1.64. The molecule has 0 fully saturated rings. The van der Waals surface area contributed by atoms with E-state index in [1.807, 2.05) is 25.1 Å². The molecular formula is C19H19N3O4. The maximum Gasteiger partial charge on any atom is 0.329 e. The number of aryl methyl sites for hydroxylation is 2. The van der Waals surface area contributed by atoms with Gasteiger partial charge >= 0.3 is 11.7 Å². The van der Waals surface area contributed by atoms with E-state index < -0.39 is 18.5 Å². The number of amides is 1. The SMILES string of the molecule is Cc1ccc(NC(=O)COC(=O)Cn2c(=O)n(C)c3ccccc32)cc1. The third-order valence-corrected chi connectivity index (χ3v) is 4.04. The van der Waals surface area contributed by atoms with E-state index in [4.69, 9.17) is 4.74 Å². The Hall–Kier alpha value is -3.35. The Morgan fingerprint density at radius 3 is 2.38 bits per heavy atom. The van der Waals surface area contributed by atoms with Gasteiger partial charge in [-0.05, 0) is 31.2 Å². The van der Waals surface area contributed by atoms with Crippen LogP contribution >= 0.6 is 0 Å². The van der Waals surface area contributed by atoms with Gasteiger partial charge in [-0.3, -0.25) is 18.7 Å². The lowest BCUT2D eigenvalue weighted by atomic mass is 10.2. The van der Waals surface area contributed by atoms with E-state index in [-0.39, 0.29) is 12.2 Å². The fraction of sp³-hybridized carbons (Fsp3) is 0.211. The van der Waals surface area contributed by atoms with Crippen molar-refractivity contribution < 1.29 is 14.3 Å². The van der Waals surface area contributed by atoms with Gasteiger partial charge in [-0.25, -0.2) is 4.79 Å². The Morgan fingerprint density at radius 1 is 1.04 bits per heavy atom. The highest BCUT2D eigenvalue weighted by Crippen LogP contribution is 2.11. The van der Waals surface area contributed by atoms with Crippen molar-refractivity contribution in [2.45, 2.75) is 13.5 Å². The average molecular weight is 353 g/mol. The van der Waals surface area contributed by atoms with Crippen molar-refractivity contribution in [3.05, 3.63) is 64.6 Å². The number of anilines is 1. The summed E-state index contributed by atoms with van der Waals surface area (Å²) >= 11 is 0. The van der Waals surface area contributed by atoms with Crippen LogP contribution in [0.15, 0.2) is 53.3 Å². The van der Waals surface area contributed by atoms with Crippen LogP contribution < -0.4 is 11.0 Å². The summed E-state index contributed by atoms with van der Waals surface area (Å²) < 4.78 is 7.79. The maximum atomic E-state index is 12.3. The molecule has 0 radical (unpaired) electrons. The predicted molar refractivity (Wildman–Crippen MR) is 97.9 cm³/mol. The quantitative estimate of drug-likeness (QED) is 0.710. The number of fused-ring (bicyclic) bond motifs is 1. The number of benzene rings is 2. The molecule has 3 aromatic rings. The molecule has 1 heterocycles. The van der Waals surface area contributed by atoms with E-state index in [1.165, 1.54) is 9.13 Å². The van der Waals surface area contributed by atoms with Crippen LogP contribution in [-0.2, 0) is 27.9 Å². The summed E-state index contributed by atoms with van der Waals surface area (Å²) in [5, 5.41) is 2.64. The molecule has 7 heteroatoms. The number of hydrogen-bond acceptors (Lipinski definition) is 4. The van der Waals surface area contributed by atoms with Crippen molar-refractivity contribution in [2.75, 3.05) is 11.9 Å². The van der Waals surface area contributed by atoms with E-state index in [9.17, 15) is 14.4 Å². The molecule has 0 saturated heterocycles. The van der Waals surface area contributed by atoms with E-state index in [0.29, 0.717) is 11.2 Å². The fourth-order valence-electron chi connectivity index (χ4n) is 2.67. The zero-order valence-corrected chi connectivity index (χ0v) is 14.6. The lowest BCUT2D eigenvalue weighted by Gasteiger charge is -2.07. The number of hydrogen-bond donors (Lipinski definition) is 1. The largest absolute Gasteiger partial charge is 0.454 e.